The fraction of sp³-hybridized carbons (Fsp3) is 0.500. The molecule has 142 valence electrons. The van der Waals surface area contributed by atoms with Crippen molar-refractivity contribution in [2.24, 2.45) is 5.92 Å². The largest absolute Gasteiger partial charge is 0.486 e. The Hall–Kier alpha value is -2.33. The van der Waals surface area contributed by atoms with E-state index in [1.54, 1.807) is 18.2 Å². The number of amides is 2. The van der Waals surface area contributed by atoms with Crippen LogP contribution in [0.25, 0.3) is 0 Å². The van der Waals surface area contributed by atoms with Crippen molar-refractivity contribution in [1.29, 1.82) is 0 Å². The molecular formula is C16H21N3O6S. The van der Waals surface area contributed by atoms with Gasteiger partial charge in [-0.15, -0.1) is 0 Å². The summed E-state index contributed by atoms with van der Waals surface area (Å²) in [6.07, 6.45) is 1.98. The average Bonchev–Trinajstić information content (AvgIpc) is 2.64. The number of hydrogen-bond acceptors (Lipinski definition) is 6. The van der Waals surface area contributed by atoms with Crippen molar-refractivity contribution in [3.05, 3.63) is 23.8 Å². The van der Waals surface area contributed by atoms with Gasteiger partial charge in [0.2, 0.25) is 15.9 Å². The van der Waals surface area contributed by atoms with Gasteiger partial charge in [0, 0.05) is 24.6 Å². The molecule has 1 aromatic carbocycles. The van der Waals surface area contributed by atoms with Crippen LogP contribution in [0, 0.1) is 5.92 Å². The third kappa shape index (κ3) is 4.25. The molecule has 0 aliphatic carbocycles. The molecule has 0 unspecified atom stereocenters. The van der Waals surface area contributed by atoms with E-state index in [1.165, 1.54) is 4.31 Å². The summed E-state index contributed by atoms with van der Waals surface area (Å²) in [6.45, 7) is 1.48. The second-order valence-corrected chi connectivity index (χ2v) is 8.22. The molecule has 1 fully saturated rings. The molecule has 2 aliphatic heterocycles. The van der Waals surface area contributed by atoms with Gasteiger partial charge in [-0.25, -0.2) is 12.7 Å². The van der Waals surface area contributed by atoms with Gasteiger partial charge in [-0.05, 0) is 31.0 Å². The Morgan fingerprint density at radius 3 is 2.38 bits per heavy atom. The van der Waals surface area contributed by atoms with E-state index in [-0.39, 0.29) is 11.8 Å². The highest BCUT2D eigenvalue weighted by molar-refractivity contribution is 7.88. The minimum absolute atomic E-state index is 0.299. The molecule has 0 aromatic heterocycles. The van der Waals surface area contributed by atoms with Crippen LogP contribution in [0.2, 0.25) is 0 Å². The zero-order valence-corrected chi connectivity index (χ0v) is 15.2. The molecule has 3 rings (SSSR count). The molecule has 9 nitrogen and oxygen atoms in total. The molecular weight excluding hydrogens is 362 g/mol. The van der Waals surface area contributed by atoms with Crippen molar-refractivity contribution in [3.63, 3.8) is 0 Å². The molecule has 10 heteroatoms. The Bertz CT molecular complexity index is 802. The van der Waals surface area contributed by atoms with Gasteiger partial charge in [0.05, 0.1) is 6.26 Å². The summed E-state index contributed by atoms with van der Waals surface area (Å²) in [5, 5.41) is 0. The van der Waals surface area contributed by atoms with Gasteiger partial charge < -0.3 is 9.47 Å². The monoisotopic (exact) mass is 383 g/mol. The van der Waals surface area contributed by atoms with Crippen molar-refractivity contribution in [2.45, 2.75) is 12.8 Å². The molecule has 0 bridgehead atoms. The number of piperidine rings is 1. The predicted octanol–water partition coefficient (Wildman–Crippen LogP) is -0.110. The van der Waals surface area contributed by atoms with Crippen LogP contribution < -0.4 is 20.3 Å². The number of ether oxygens (including phenoxy) is 2. The predicted molar refractivity (Wildman–Crippen MR) is 92.2 cm³/mol. The SMILES string of the molecule is CS(=O)(=O)N1CCC(C(=O)NNC(=O)c2ccc3c(c2)OCCO3)CC1. The zero-order valence-electron chi connectivity index (χ0n) is 14.4. The smallest absolute Gasteiger partial charge is 0.269 e. The number of carbonyl (C=O) groups is 2. The van der Waals surface area contributed by atoms with E-state index in [2.05, 4.69) is 10.9 Å². The van der Waals surface area contributed by atoms with Crippen molar-refractivity contribution < 1.29 is 27.5 Å². The van der Waals surface area contributed by atoms with Gasteiger partial charge in [0.1, 0.15) is 13.2 Å². The van der Waals surface area contributed by atoms with E-state index in [0.717, 1.165) is 6.26 Å². The Kier molecular flexibility index (Phi) is 5.33. The summed E-state index contributed by atoms with van der Waals surface area (Å²) in [6, 6.07) is 4.78. The van der Waals surface area contributed by atoms with Crippen LogP contribution in [0.15, 0.2) is 18.2 Å². The lowest BCUT2D eigenvalue weighted by Crippen LogP contribution is -2.48. The third-order valence-electron chi connectivity index (χ3n) is 4.40. The molecule has 0 saturated carbocycles. The molecule has 2 heterocycles. The maximum Gasteiger partial charge on any atom is 0.269 e. The maximum atomic E-state index is 12.2. The summed E-state index contributed by atoms with van der Waals surface area (Å²) >= 11 is 0. The van der Waals surface area contributed by atoms with E-state index < -0.39 is 15.9 Å². The summed E-state index contributed by atoms with van der Waals surface area (Å²) in [7, 11) is -3.23. The molecule has 0 radical (unpaired) electrons. The minimum Gasteiger partial charge on any atom is -0.486 e. The average molecular weight is 383 g/mol. The third-order valence-corrected chi connectivity index (χ3v) is 5.70. The van der Waals surface area contributed by atoms with Crippen molar-refractivity contribution in [2.75, 3.05) is 32.6 Å². The molecule has 0 spiro atoms. The number of carbonyl (C=O) groups excluding carboxylic acids is 2. The highest BCUT2D eigenvalue weighted by Gasteiger charge is 2.29. The normalized spacial score (nSPS) is 18.2. The van der Waals surface area contributed by atoms with Crippen LogP contribution >= 0.6 is 0 Å². The van der Waals surface area contributed by atoms with E-state index in [9.17, 15) is 18.0 Å². The van der Waals surface area contributed by atoms with Gasteiger partial charge in [0.15, 0.2) is 11.5 Å². The topological polar surface area (TPSA) is 114 Å². The van der Waals surface area contributed by atoms with Crippen LogP contribution in [-0.4, -0.2) is 57.1 Å². The van der Waals surface area contributed by atoms with E-state index in [1.807, 2.05) is 0 Å². The van der Waals surface area contributed by atoms with Crippen molar-refractivity contribution in [1.82, 2.24) is 15.2 Å². The van der Waals surface area contributed by atoms with Gasteiger partial charge in [-0.3, -0.25) is 20.4 Å². The van der Waals surface area contributed by atoms with Crippen LogP contribution in [0.3, 0.4) is 0 Å². The molecule has 0 atom stereocenters. The fourth-order valence-corrected chi connectivity index (χ4v) is 3.80. The lowest BCUT2D eigenvalue weighted by Gasteiger charge is -2.29. The zero-order chi connectivity index (χ0) is 18.7. The summed E-state index contributed by atoms with van der Waals surface area (Å²) in [4.78, 5) is 24.4. The molecule has 1 aromatic rings. The first-order valence-electron chi connectivity index (χ1n) is 8.29. The Morgan fingerprint density at radius 2 is 1.73 bits per heavy atom. The van der Waals surface area contributed by atoms with E-state index in [0.29, 0.717) is 56.2 Å². The van der Waals surface area contributed by atoms with Gasteiger partial charge in [0.25, 0.3) is 5.91 Å². The van der Waals surface area contributed by atoms with Crippen LogP contribution in [0.5, 0.6) is 11.5 Å². The lowest BCUT2D eigenvalue weighted by atomic mass is 9.98. The quantitative estimate of drug-likeness (QED) is 0.704. The van der Waals surface area contributed by atoms with Gasteiger partial charge in [-0.1, -0.05) is 0 Å². The number of rotatable bonds is 3. The number of benzene rings is 1. The molecule has 1 saturated heterocycles. The number of fused-ring (bicyclic) bond motifs is 1. The second-order valence-electron chi connectivity index (χ2n) is 6.24. The number of nitrogens with one attached hydrogen (secondary N) is 2. The summed E-state index contributed by atoms with van der Waals surface area (Å²) in [5.74, 6) is -0.0700. The van der Waals surface area contributed by atoms with Gasteiger partial charge in [-0.2, -0.15) is 0 Å². The molecule has 2 amide bonds. The first kappa shape index (κ1) is 18.5. The minimum atomic E-state index is -3.23. The van der Waals surface area contributed by atoms with Crippen LogP contribution in [0.4, 0.5) is 0 Å². The van der Waals surface area contributed by atoms with E-state index >= 15 is 0 Å². The number of hydrogen-bond donors (Lipinski definition) is 2. The highest BCUT2D eigenvalue weighted by Crippen LogP contribution is 2.30. The van der Waals surface area contributed by atoms with E-state index in [4.69, 9.17) is 9.47 Å². The summed E-state index contributed by atoms with van der Waals surface area (Å²) in [5.41, 5.74) is 5.12. The number of nitrogens with zero attached hydrogens (tertiary/aromatic N) is 1. The standard InChI is InChI=1S/C16H21N3O6S/c1-26(22,23)19-6-4-11(5-7-19)15(20)17-18-16(21)12-2-3-13-14(10-12)25-9-8-24-13/h2-3,10-11H,4-9H2,1H3,(H,17,20)(H,18,21). The highest BCUT2D eigenvalue weighted by atomic mass is 32.2. The van der Waals surface area contributed by atoms with Gasteiger partial charge >= 0.3 is 0 Å². The number of hydrazine groups is 1. The first-order chi connectivity index (χ1) is 12.3. The van der Waals surface area contributed by atoms with Crippen LogP contribution in [0.1, 0.15) is 23.2 Å². The van der Waals surface area contributed by atoms with Crippen molar-refractivity contribution >= 4 is 21.8 Å². The molecule has 2 N–H and O–H groups in total. The second kappa shape index (κ2) is 7.50. The maximum absolute atomic E-state index is 12.2. The Balaban J connectivity index is 1.51. The van der Waals surface area contributed by atoms with Crippen LogP contribution in [-0.2, 0) is 14.8 Å². The number of sulfonamides is 1. The molecule has 26 heavy (non-hydrogen) atoms. The molecule has 2 aliphatic rings. The van der Waals surface area contributed by atoms with Crippen molar-refractivity contribution in [3.8, 4) is 11.5 Å². The fourth-order valence-electron chi connectivity index (χ4n) is 2.93. The Labute approximate surface area is 151 Å². The summed E-state index contributed by atoms with van der Waals surface area (Å²) < 4.78 is 35.1. The first-order valence-corrected chi connectivity index (χ1v) is 10.1. The Morgan fingerprint density at radius 1 is 1.08 bits per heavy atom. The lowest BCUT2D eigenvalue weighted by molar-refractivity contribution is -0.126.